The maximum Gasteiger partial charge on any atom is 0.410 e. The second kappa shape index (κ2) is 8.33. The van der Waals surface area contributed by atoms with Crippen LogP contribution in [0.1, 0.15) is 40.5 Å². The van der Waals surface area contributed by atoms with Gasteiger partial charge in [-0.15, -0.1) is 0 Å². The Morgan fingerprint density at radius 3 is 2.09 bits per heavy atom. The number of carboxylic acid groups (broad SMARTS) is 1. The van der Waals surface area contributed by atoms with Crippen LogP contribution in [0.3, 0.4) is 0 Å². The van der Waals surface area contributed by atoms with Gasteiger partial charge in [0.2, 0.25) is 0 Å². The molecule has 2 aliphatic heterocycles. The molecule has 1 amide bonds. The van der Waals surface area contributed by atoms with Crippen molar-refractivity contribution in [2.45, 2.75) is 58.3 Å². The molecule has 0 aliphatic carbocycles. The van der Waals surface area contributed by atoms with E-state index in [1.807, 2.05) is 20.8 Å². The highest BCUT2D eigenvalue weighted by Crippen LogP contribution is 2.20. The largest absolute Gasteiger partial charge is 0.481 e. The van der Waals surface area contributed by atoms with Crippen molar-refractivity contribution in [3.63, 3.8) is 0 Å². The molecule has 0 aromatic heterocycles. The van der Waals surface area contributed by atoms with Crippen LogP contribution in [-0.4, -0.2) is 66.1 Å². The highest BCUT2D eigenvalue weighted by molar-refractivity contribution is 5.69. The smallest absolute Gasteiger partial charge is 0.410 e. The first kappa shape index (κ1) is 18.7. The summed E-state index contributed by atoms with van der Waals surface area (Å²) < 4.78 is 11.2. The Morgan fingerprint density at radius 1 is 1.14 bits per heavy atom. The minimum atomic E-state index is -0.833. The topological polar surface area (TPSA) is 88.1 Å². The molecule has 2 aliphatic rings. The van der Waals surface area contributed by atoms with Crippen molar-refractivity contribution in [1.29, 1.82) is 0 Å². The van der Waals surface area contributed by atoms with Crippen LogP contribution in [-0.2, 0) is 14.3 Å². The van der Waals surface area contributed by atoms with Gasteiger partial charge in [-0.3, -0.25) is 4.79 Å². The second-order valence-electron chi connectivity index (χ2n) is 6.61. The molecule has 0 bridgehead atoms. The summed E-state index contributed by atoms with van der Waals surface area (Å²) in [5, 5.41) is 10.7. The summed E-state index contributed by atoms with van der Waals surface area (Å²) >= 11 is 0. The number of rotatable bonds is 2. The average Bonchev–Trinajstić information content (AvgIpc) is 2.31. The zero-order valence-electron chi connectivity index (χ0n) is 13.9. The highest BCUT2D eigenvalue weighted by atomic mass is 16.6. The van der Waals surface area contributed by atoms with Gasteiger partial charge in [0.15, 0.2) is 0 Å². The Hall–Kier alpha value is -1.34. The summed E-state index contributed by atoms with van der Waals surface area (Å²) in [6, 6.07) is 0. The molecular weight excluding hydrogens is 288 g/mol. The molecular formula is C15H28N2O5. The molecule has 2 N–H and O–H groups in total. The number of carboxylic acids is 1. The Morgan fingerprint density at radius 2 is 1.64 bits per heavy atom. The van der Waals surface area contributed by atoms with Crippen LogP contribution in [0.25, 0.3) is 0 Å². The van der Waals surface area contributed by atoms with Crippen molar-refractivity contribution in [2.75, 3.05) is 26.2 Å². The Kier molecular flexibility index (Phi) is 7.09. The normalized spacial score (nSPS) is 19.7. The first-order chi connectivity index (χ1) is 10.2. The fourth-order valence-electron chi connectivity index (χ4n) is 2.20. The van der Waals surface area contributed by atoms with Gasteiger partial charge in [-0.25, -0.2) is 4.79 Å². The molecule has 0 spiro atoms. The molecule has 0 atom stereocenters. The monoisotopic (exact) mass is 316 g/mol. The Balaban J connectivity index is 0.000000541. The van der Waals surface area contributed by atoms with Crippen molar-refractivity contribution >= 4 is 12.1 Å². The molecule has 2 rings (SSSR count). The van der Waals surface area contributed by atoms with Crippen LogP contribution >= 0.6 is 0 Å². The number of aliphatic carboxylic acids is 1. The molecule has 2 saturated heterocycles. The Bertz CT molecular complexity index is 365. The number of amides is 1. The lowest BCUT2D eigenvalue weighted by atomic mass is 10.1. The Labute approximate surface area is 131 Å². The van der Waals surface area contributed by atoms with Crippen LogP contribution in [0.5, 0.6) is 0 Å². The zero-order valence-corrected chi connectivity index (χ0v) is 13.9. The molecule has 22 heavy (non-hydrogen) atoms. The first-order valence-electron chi connectivity index (χ1n) is 7.71. The number of piperidine rings is 1. The van der Waals surface area contributed by atoms with Gasteiger partial charge in [0.1, 0.15) is 5.60 Å². The summed E-state index contributed by atoms with van der Waals surface area (Å²) in [6.45, 7) is 10.1. The second-order valence-corrected chi connectivity index (χ2v) is 6.61. The quantitative estimate of drug-likeness (QED) is 0.802. The maximum atomic E-state index is 11.7. The van der Waals surface area contributed by atoms with E-state index < -0.39 is 11.6 Å². The van der Waals surface area contributed by atoms with Crippen LogP contribution in [0.2, 0.25) is 0 Å². The first-order valence-corrected chi connectivity index (χ1v) is 7.71. The van der Waals surface area contributed by atoms with Gasteiger partial charge in [0.05, 0.1) is 25.3 Å². The number of likely N-dealkylation sites (tertiary alicyclic amines) is 1. The van der Waals surface area contributed by atoms with E-state index in [9.17, 15) is 4.79 Å². The van der Waals surface area contributed by atoms with E-state index in [1.165, 1.54) is 0 Å². The molecule has 0 unspecified atom stereocenters. The summed E-state index contributed by atoms with van der Waals surface area (Å²) in [4.78, 5) is 22.4. The molecule has 7 nitrogen and oxygen atoms in total. The highest BCUT2D eigenvalue weighted by Gasteiger charge is 2.35. The number of carbonyl (C=O) groups excluding carboxylic acids is 1. The van der Waals surface area contributed by atoms with Crippen LogP contribution in [0, 0.1) is 0 Å². The third kappa shape index (κ3) is 7.61. The van der Waals surface area contributed by atoms with E-state index in [0.717, 1.165) is 32.9 Å². The third-order valence-electron chi connectivity index (χ3n) is 3.17. The lowest BCUT2D eigenvalue weighted by molar-refractivity contribution is -0.134. The van der Waals surface area contributed by atoms with Gasteiger partial charge < -0.3 is 24.8 Å². The van der Waals surface area contributed by atoms with Crippen molar-refractivity contribution in [3.8, 4) is 0 Å². The van der Waals surface area contributed by atoms with E-state index in [-0.39, 0.29) is 12.2 Å². The van der Waals surface area contributed by atoms with Gasteiger partial charge >= 0.3 is 6.09 Å². The van der Waals surface area contributed by atoms with Crippen molar-refractivity contribution < 1.29 is 24.2 Å². The predicted octanol–water partition coefficient (Wildman–Crippen LogP) is 1.47. The molecule has 0 aromatic carbocycles. The fourth-order valence-corrected chi connectivity index (χ4v) is 2.20. The van der Waals surface area contributed by atoms with E-state index in [0.29, 0.717) is 19.2 Å². The number of carbonyl (C=O) groups is 2. The number of hydrogen-bond donors (Lipinski definition) is 2. The van der Waals surface area contributed by atoms with Gasteiger partial charge in [-0.05, 0) is 46.7 Å². The molecule has 0 aromatic rings. The van der Waals surface area contributed by atoms with Gasteiger partial charge in [0, 0.05) is 6.92 Å². The van der Waals surface area contributed by atoms with E-state index in [1.54, 1.807) is 4.90 Å². The fraction of sp³-hybridized carbons (Fsp3) is 0.867. The molecule has 128 valence electrons. The van der Waals surface area contributed by atoms with Crippen molar-refractivity contribution in [2.24, 2.45) is 0 Å². The standard InChI is InChI=1S/C13H24N2O3.C2H4O2/c1-13(2,3)18-12(16)15-8-11(9-15)17-10-4-6-14-7-5-10;1-2(3)4/h10-11,14H,4-9H2,1-3H3;1H3,(H,3,4). The maximum absolute atomic E-state index is 11.7. The van der Waals surface area contributed by atoms with Crippen LogP contribution in [0.4, 0.5) is 4.79 Å². The summed E-state index contributed by atoms with van der Waals surface area (Å²) in [6.07, 6.45) is 2.47. The minimum Gasteiger partial charge on any atom is -0.481 e. The zero-order chi connectivity index (χ0) is 16.8. The van der Waals surface area contributed by atoms with Crippen LogP contribution < -0.4 is 5.32 Å². The molecule has 2 heterocycles. The summed E-state index contributed by atoms with van der Waals surface area (Å²) in [5.74, 6) is -0.833. The van der Waals surface area contributed by atoms with E-state index in [2.05, 4.69) is 5.32 Å². The SMILES string of the molecule is CC(=O)O.CC(C)(C)OC(=O)N1CC(OC2CCNCC2)C1. The summed E-state index contributed by atoms with van der Waals surface area (Å²) in [5.41, 5.74) is -0.419. The predicted molar refractivity (Wildman–Crippen MR) is 81.9 cm³/mol. The third-order valence-corrected chi connectivity index (χ3v) is 3.17. The lowest BCUT2D eigenvalue weighted by Crippen LogP contribution is -2.57. The molecule has 0 saturated carbocycles. The summed E-state index contributed by atoms with van der Waals surface area (Å²) in [7, 11) is 0. The molecule has 0 radical (unpaired) electrons. The molecule has 7 heteroatoms. The number of nitrogens with zero attached hydrogens (tertiary/aromatic N) is 1. The number of hydrogen-bond acceptors (Lipinski definition) is 5. The van der Waals surface area contributed by atoms with E-state index >= 15 is 0 Å². The molecule has 2 fully saturated rings. The minimum absolute atomic E-state index is 0.195. The number of ether oxygens (including phenoxy) is 2. The van der Waals surface area contributed by atoms with Crippen molar-refractivity contribution in [3.05, 3.63) is 0 Å². The van der Waals surface area contributed by atoms with Gasteiger partial charge in [0.25, 0.3) is 5.97 Å². The van der Waals surface area contributed by atoms with Gasteiger partial charge in [-0.2, -0.15) is 0 Å². The van der Waals surface area contributed by atoms with Crippen molar-refractivity contribution in [1.82, 2.24) is 10.2 Å². The lowest BCUT2D eigenvalue weighted by Gasteiger charge is -2.41. The average molecular weight is 316 g/mol. The van der Waals surface area contributed by atoms with Crippen LogP contribution in [0.15, 0.2) is 0 Å². The number of nitrogens with one attached hydrogen (secondary N) is 1. The van der Waals surface area contributed by atoms with Gasteiger partial charge in [-0.1, -0.05) is 0 Å². The van der Waals surface area contributed by atoms with E-state index in [4.69, 9.17) is 19.4 Å².